The fourth-order valence-electron chi connectivity index (χ4n) is 0.959. The van der Waals surface area contributed by atoms with Gasteiger partial charge in [-0.3, -0.25) is 4.79 Å². The van der Waals surface area contributed by atoms with Gasteiger partial charge in [-0.2, -0.15) is 17.9 Å². The molecule has 0 saturated heterocycles. The van der Waals surface area contributed by atoms with Crippen LogP contribution in [0.1, 0.15) is 13.8 Å². The number of rotatable bonds is 8. The van der Waals surface area contributed by atoms with Crippen molar-refractivity contribution in [2.45, 2.75) is 19.9 Å². The van der Waals surface area contributed by atoms with Gasteiger partial charge in [0.15, 0.2) is 0 Å². The first-order valence-corrected chi connectivity index (χ1v) is 6.27. The lowest BCUT2D eigenvalue weighted by Crippen LogP contribution is -2.49. The Kier molecular flexibility index (Phi) is 6.49. The average Bonchev–Trinajstić information content (AvgIpc) is 2.13. The first-order chi connectivity index (χ1) is 7.30. The van der Waals surface area contributed by atoms with Crippen molar-refractivity contribution in [1.82, 2.24) is 9.44 Å². The Morgan fingerprint density at radius 1 is 1.44 bits per heavy atom. The first-order valence-electron chi connectivity index (χ1n) is 4.79. The molecule has 3 N–H and O–H groups in total. The first kappa shape index (κ1) is 15.3. The van der Waals surface area contributed by atoms with E-state index in [9.17, 15) is 13.2 Å². The third-order valence-corrected chi connectivity index (χ3v) is 2.96. The van der Waals surface area contributed by atoms with Gasteiger partial charge in [-0.05, 0) is 5.92 Å². The van der Waals surface area contributed by atoms with Crippen LogP contribution in [0.25, 0.3) is 0 Å². The van der Waals surface area contributed by atoms with Gasteiger partial charge in [-0.25, -0.2) is 0 Å². The summed E-state index contributed by atoms with van der Waals surface area (Å²) in [6, 6.07) is -1.14. The number of carboxylic acid groups (broad SMARTS) is 1. The van der Waals surface area contributed by atoms with Crippen LogP contribution in [0.4, 0.5) is 0 Å². The Morgan fingerprint density at radius 3 is 2.38 bits per heavy atom. The zero-order chi connectivity index (χ0) is 12.8. The fourth-order valence-corrected chi connectivity index (χ4v) is 2.10. The number of aliphatic carboxylic acids is 1. The van der Waals surface area contributed by atoms with Crippen LogP contribution < -0.4 is 9.44 Å². The van der Waals surface area contributed by atoms with Crippen LogP contribution in [0.5, 0.6) is 0 Å². The van der Waals surface area contributed by atoms with E-state index in [1.807, 2.05) is 0 Å². The highest BCUT2D eigenvalue weighted by Gasteiger charge is 2.26. The van der Waals surface area contributed by atoms with Crippen molar-refractivity contribution in [1.29, 1.82) is 0 Å². The highest BCUT2D eigenvalue weighted by atomic mass is 32.2. The Bertz CT molecular complexity index is 314. The normalized spacial score (nSPS) is 14.0. The average molecular weight is 254 g/mol. The van der Waals surface area contributed by atoms with E-state index in [0.717, 1.165) is 0 Å². The van der Waals surface area contributed by atoms with Crippen LogP contribution >= 0.6 is 0 Å². The van der Waals surface area contributed by atoms with Crippen LogP contribution in [0.15, 0.2) is 0 Å². The van der Waals surface area contributed by atoms with Crippen LogP contribution in [0.3, 0.4) is 0 Å². The second kappa shape index (κ2) is 6.79. The molecule has 1 atom stereocenters. The van der Waals surface area contributed by atoms with Crippen LogP contribution in [-0.4, -0.2) is 45.8 Å². The molecule has 1 unspecified atom stereocenters. The Labute approximate surface area is 95.4 Å². The summed E-state index contributed by atoms with van der Waals surface area (Å²) in [7, 11) is -2.36. The molecular formula is C8H18N2O5S. The standard InChI is InChI=1S/C8H18N2O5S/c1-6(2)7(8(11)12)10-16(13,14)9-4-5-15-3/h6-7,9-10H,4-5H2,1-3H3,(H,11,12). The van der Waals surface area contributed by atoms with Crippen LogP contribution in [0, 0.1) is 5.92 Å². The van der Waals surface area contributed by atoms with E-state index in [0.29, 0.717) is 0 Å². The molecule has 0 saturated carbocycles. The molecule has 0 fully saturated rings. The molecule has 0 amide bonds. The molecule has 7 nitrogen and oxygen atoms in total. The molecular weight excluding hydrogens is 236 g/mol. The zero-order valence-corrected chi connectivity index (χ0v) is 10.4. The van der Waals surface area contributed by atoms with Gasteiger partial charge in [0.2, 0.25) is 0 Å². The zero-order valence-electron chi connectivity index (χ0n) is 9.56. The molecule has 0 aromatic rings. The summed E-state index contributed by atoms with van der Waals surface area (Å²) in [4.78, 5) is 10.8. The van der Waals surface area contributed by atoms with Gasteiger partial charge in [0.25, 0.3) is 10.2 Å². The van der Waals surface area contributed by atoms with Crippen molar-refractivity contribution >= 4 is 16.2 Å². The summed E-state index contributed by atoms with van der Waals surface area (Å²) in [5, 5.41) is 8.80. The molecule has 8 heteroatoms. The number of carbonyl (C=O) groups is 1. The van der Waals surface area contributed by atoms with Crippen molar-refractivity contribution in [3.05, 3.63) is 0 Å². The minimum atomic E-state index is -3.80. The van der Waals surface area contributed by atoms with Gasteiger partial charge >= 0.3 is 5.97 Å². The molecule has 0 aliphatic rings. The van der Waals surface area contributed by atoms with E-state index < -0.39 is 22.2 Å². The van der Waals surface area contributed by atoms with Crippen molar-refractivity contribution in [2.75, 3.05) is 20.3 Å². The van der Waals surface area contributed by atoms with Gasteiger partial charge in [-0.15, -0.1) is 0 Å². The molecule has 0 heterocycles. The second-order valence-corrected chi connectivity index (χ2v) is 5.10. The van der Waals surface area contributed by atoms with E-state index in [4.69, 9.17) is 5.11 Å². The molecule has 0 aliphatic carbocycles. The maximum atomic E-state index is 11.4. The maximum absolute atomic E-state index is 11.4. The van der Waals surface area contributed by atoms with Crippen molar-refractivity contribution in [3.63, 3.8) is 0 Å². The van der Waals surface area contributed by atoms with Gasteiger partial charge in [0.05, 0.1) is 6.61 Å². The summed E-state index contributed by atoms with van der Waals surface area (Å²) < 4.78 is 31.7. The number of carboxylic acids is 1. The molecule has 0 aromatic carbocycles. The van der Waals surface area contributed by atoms with E-state index in [1.54, 1.807) is 13.8 Å². The number of hydrogen-bond acceptors (Lipinski definition) is 4. The quantitative estimate of drug-likeness (QED) is 0.490. The molecule has 0 rings (SSSR count). The van der Waals surface area contributed by atoms with E-state index >= 15 is 0 Å². The third kappa shape index (κ3) is 6.01. The predicted molar refractivity (Wildman–Crippen MR) is 58.2 cm³/mol. The lowest BCUT2D eigenvalue weighted by Gasteiger charge is -2.18. The largest absolute Gasteiger partial charge is 0.480 e. The lowest BCUT2D eigenvalue weighted by molar-refractivity contribution is -0.140. The molecule has 0 spiro atoms. The van der Waals surface area contributed by atoms with E-state index in [-0.39, 0.29) is 19.1 Å². The summed E-state index contributed by atoms with van der Waals surface area (Å²) in [5.74, 6) is -1.54. The summed E-state index contributed by atoms with van der Waals surface area (Å²) >= 11 is 0. The maximum Gasteiger partial charge on any atom is 0.322 e. The highest BCUT2D eigenvalue weighted by molar-refractivity contribution is 7.87. The molecule has 16 heavy (non-hydrogen) atoms. The number of hydrogen-bond donors (Lipinski definition) is 3. The minimum Gasteiger partial charge on any atom is -0.480 e. The van der Waals surface area contributed by atoms with Gasteiger partial charge in [0.1, 0.15) is 6.04 Å². The third-order valence-electron chi connectivity index (χ3n) is 1.81. The molecule has 96 valence electrons. The van der Waals surface area contributed by atoms with Crippen LogP contribution in [0.2, 0.25) is 0 Å². The topological polar surface area (TPSA) is 105 Å². The smallest absolute Gasteiger partial charge is 0.322 e. The molecule has 0 radical (unpaired) electrons. The monoisotopic (exact) mass is 254 g/mol. The fraction of sp³-hybridized carbons (Fsp3) is 0.875. The number of methoxy groups -OCH3 is 1. The van der Waals surface area contributed by atoms with Gasteiger partial charge in [-0.1, -0.05) is 13.8 Å². The molecule has 0 bridgehead atoms. The Balaban J connectivity index is 4.37. The predicted octanol–water partition coefficient (Wildman–Crippen LogP) is -0.834. The molecule has 0 aliphatic heterocycles. The van der Waals surface area contributed by atoms with E-state index in [2.05, 4.69) is 14.2 Å². The number of ether oxygens (including phenoxy) is 1. The highest BCUT2D eigenvalue weighted by Crippen LogP contribution is 2.02. The molecule has 0 aromatic heterocycles. The lowest BCUT2D eigenvalue weighted by atomic mass is 10.1. The minimum absolute atomic E-state index is 0.0935. The van der Waals surface area contributed by atoms with Crippen LogP contribution in [-0.2, 0) is 19.7 Å². The van der Waals surface area contributed by atoms with Gasteiger partial charge in [0, 0.05) is 13.7 Å². The second-order valence-electron chi connectivity index (χ2n) is 3.57. The van der Waals surface area contributed by atoms with Crippen molar-refractivity contribution in [2.24, 2.45) is 5.92 Å². The summed E-state index contributed by atoms with van der Waals surface area (Å²) in [6.45, 7) is 3.56. The van der Waals surface area contributed by atoms with Gasteiger partial charge < -0.3 is 9.84 Å². The summed E-state index contributed by atoms with van der Waals surface area (Å²) in [6.07, 6.45) is 0. The Hall–Kier alpha value is -0.700. The van der Waals surface area contributed by atoms with Crippen molar-refractivity contribution in [3.8, 4) is 0 Å². The number of nitrogens with one attached hydrogen (secondary N) is 2. The van der Waals surface area contributed by atoms with E-state index in [1.165, 1.54) is 7.11 Å². The summed E-state index contributed by atoms with van der Waals surface area (Å²) in [5.41, 5.74) is 0. The van der Waals surface area contributed by atoms with Crippen molar-refractivity contribution < 1.29 is 23.1 Å². The SMILES string of the molecule is COCCNS(=O)(=O)NC(C(=O)O)C(C)C. The Morgan fingerprint density at radius 2 is 2.00 bits per heavy atom.